The highest BCUT2D eigenvalue weighted by molar-refractivity contribution is 4.95. The highest BCUT2D eigenvalue weighted by Crippen LogP contribution is 1.84. The summed E-state index contributed by atoms with van der Waals surface area (Å²) in [4.78, 5) is 0. The largest absolute Gasteiger partial charge is 0.304 e. The maximum atomic E-state index is 5.14. The van der Waals surface area contributed by atoms with Crippen molar-refractivity contribution in [2.45, 2.75) is 32.7 Å². The number of nitrogens with one attached hydrogen (secondary N) is 1. The second-order valence-corrected chi connectivity index (χ2v) is 2.20. The predicted molar refractivity (Wildman–Crippen MR) is 41.2 cm³/mol. The molecule has 9 heavy (non-hydrogen) atoms. The van der Waals surface area contributed by atoms with Gasteiger partial charge in [-0.25, -0.2) is 0 Å². The van der Waals surface area contributed by atoms with Gasteiger partial charge in [0.1, 0.15) is 0 Å². The first-order valence-electron chi connectivity index (χ1n) is 3.50. The molecule has 1 heteroatoms. The van der Waals surface area contributed by atoms with E-state index in [1.54, 1.807) is 0 Å². The van der Waals surface area contributed by atoms with Crippen molar-refractivity contribution in [1.29, 1.82) is 0 Å². The lowest BCUT2D eigenvalue weighted by atomic mass is 10.3. The number of hydrogen-bond donors (Lipinski definition) is 1. The van der Waals surface area contributed by atoms with Crippen molar-refractivity contribution in [2.24, 2.45) is 0 Å². The van der Waals surface area contributed by atoms with Gasteiger partial charge in [0.25, 0.3) is 0 Å². The lowest BCUT2D eigenvalue weighted by Crippen LogP contribution is -2.24. The third-order valence-electron chi connectivity index (χ3n) is 1.23. The number of unbranched alkanes of at least 4 members (excludes halogenated alkanes) is 1. The normalized spacial score (nSPS) is 12.6. The molecule has 0 aliphatic rings. The zero-order valence-electron chi connectivity index (χ0n) is 6.28. The first kappa shape index (κ1) is 8.52. The maximum Gasteiger partial charge on any atom is 0.0658 e. The van der Waals surface area contributed by atoms with E-state index in [-0.39, 0.29) is 6.04 Å². The molecule has 0 saturated carbocycles. The molecule has 1 N–H and O–H groups in total. The van der Waals surface area contributed by atoms with Gasteiger partial charge in [0.15, 0.2) is 0 Å². The molecule has 0 rings (SSSR count). The van der Waals surface area contributed by atoms with Crippen LogP contribution < -0.4 is 5.32 Å². The molecule has 0 aliphatic carbocycles. The van der Waals surface area contributed by atoms with Gasteiger partial charge >= 0.3 is 0 Å². The van der Waals surface area contributed by atoms with Gasteiger partial charge in [-0.15, -0.1) is 6.42 Å². The lowest BCUT2D eigenvalue weighted by Gasteiger charge is -2.04. The Kier molecular flexibility index (Phi) is 5.35. The van der Waals surface area contributed by atoms with E-state index in [1.807, 2.05) is 6.92 Å². The van der Waals surface area contributed by atoms with Gasteiger partial charge in [0.2, 0.25) is 0 Å². The van der Waals surface area contributed by atoms with Gasteiger partial charge in [0.05, 0.1) is 6.04 Å². The van der Waals surface area contributed by atoms with Crippen LogP contribution in [0.25, 0.3) is 0 Å². The van der Waals surface area contributed by atoms with Crippen molar-refractivity contribution in [3.05, 3.63) is 0 Å². The van der Waals surface area contributed by atoms with Crippen LogP contribution in [0.1, 0.15) is 26.7 Å². The standard InChI is InChI=1S/C8H15N/c1-4-6-7-9-8(3)5-2/h2,8-9H,4,6-7H2,1,3H3/t8-/m0/s1. The summed E-state index contributed by atoms with van der Waals surface area (Å²) < 4.78 is 0. The molecule has 0 bridgehead atoms. The minimum absolute atomic E-state index is 0.233. The Balaban J connectivity index is 2.99. The van der Waals surface area contributed by atoms with E-state index in [0.717, 1.165) is 6.54 Å². The first-order chi connectivity index (χ1) is 4.31. The Morgan fingerprint density at radius 1 is 1.67 bits per heavy atom. The summed E-state index contributed by atoms with van der Waals surface area (Å²) in [5.41, 5.74) is 0. The van der Waals surface area contributed by atoms with Gasteiger partial charge < -0.3 is 5.32 Å². The van der Waals surface area contributed by atoms with E-state index >= 15 is 0 Å². The Bertz CT molecular complexity index is 91.2. The molecule has 0 heterocycles. The van der Waals surface area contributed by atoms with Crippen molar-refractivity contribution in [3.8, 4) is 12.3 Å². The molecule has 0 aliphatic heterocycles. The molecule has 1 atom stereocenters. The predicted octanol–water partition coefficient (Wildman–Crippen LogP) is 1.40. The third-order valence-corrected chi connectivity index (χ3v) is 1.23. The minimum Gasteiger partial charge on any atom is -0.304 e. The zero-order valence-corrected chi connectivity index (χ0v) is 6.28. The molecule has 52 valence electrons. The van der Waals surface area contributed by atoms with Gasteiger partial charge in [-0.05, 0) is 19.9 Å². The molecule has 0 aromatic rings. The monoisotopic (exact) mass is 125 g/mol. The average Bonchev–Trinajstić information content (AvgIpc) is 1.89. The van der Waals surface area contributed by atoms with E-state index in [2.05, 4.69) is 18.2 Å². The van der Waals surface area contributed by atoms with E-state index in [1.165, 1.54) is 12.8 Å². The summed E-state index contributed by atoms with van der Waals surface area (Å²) >= 11 is 0. The maximum absolute atomic E-state index is 5.14. The minimum atomic E-state index is 0.233. The van der Waals surface area contributed by atoms with Crippen LogP contribution in [-0.4, -0.2) is 12.6 Å². The highest BCUT2D eigenvalue weighted by atomic mass is 14.9. The van der Waals surface area contributed by atoms with Gasteiger partial charge in [-0.3, -0.25) is 0 Å². The van der Waals surface area contributed by atoms with Gasteiger partial charge in [-0.1, -0.05) is 19.3 Å². The van der Waals surface area contributed by atoms with E-state index in [0.29, 0.717) is 0 Å². The van der Waals surface area contributed by atoms with Crippen LogP contribution in [0.4, 0.5) is 0 Å². The molecular weight excluding hydrogens is 110 g/mol. The van der Waals surface area contributed by atoms with Crippen molar-refractivity contribution in [1.82, 2.24) is 5.32 Å². The molecule has 0 unspecified atom stereocenters. The number of hydrogen-bond acceptors (Lipinski definition) is 1. The fourth-order valence-electron chi connectivity index (χ4n) is 0.554. The summed E-state index contributed by atoms with van der Waals surface area (Å²) in [7, 11) is 0. The molecule has 0 saturated heterocycles. The van der Waals surface area contributed by atoms with Crippen molar-refractivity contribution in [3.63, 3.8) is 0 Å². The molecule has 0 spiro atoms. The van der Waals surface area contributed by atoms with E-state index < -0.39 is 0 Å². The van der Waals surface area contributed by atoms with Crippen molar-refractivity contribution >= 4 is 0 Å². The van der Waals surface area contributed by atoms with Crippen molar-refractivity contribution < 1.29 is 0 Å². The van der Waals surface area contributed by atoms with Crippen LogP contribution >= 0.6 is 0 Å². The first-order valence-corrected chi connectivity index (χ1v) is 3.50. The third kappa shape index (κ3) is 5.39. The summed E-state index contributed by atoms with van der Waals surface area (Å²) in [5.74, 6) is 2.61. The SMILES string of the molecule is C#C[C@H](C)NCCCC. The summed E-state index contributed by atoms with van der Waals surface area (Å²) in [5, 5.41) is 3.20. The molecule has 0 fully saturated rings. The van der Waals surface area contributed by atoms with Crippen LogP contribution in [0.3, 0.4) is 0 Å². The lowest BCUT2D eigenvalue weighted by molar-refractivity contribution is 0.611. The van der Waals surface area contributed by atoms with Crippen LogP contribution in [0.15, 0.2) is 0 Å². The van der Waals surface area contributed by atoms with Crippen LogP contribution in [0, 0.1) is 12.3 Å². The Morgan fingerprint density at radius 2 is 2.33 bits per heavy atom. The van der Waals surface area contributed by atoms with Crippen LogP contribution in [-0.2, 0) is 0 Å². The van der Waals surface area contributed by atoms with E-state index in [9.17, 15) is 0 Å². The highest BCUT2D eigenvalue weighted by Gasteiger charge is 1.90. The second kappa shape index (κ2) is 5.65. The van der Waals surface area contributed by atoms with Gasteiger partial charge in [0, 0.05) is 0 Å². The number of rotatable bonds is 4. The quantitative estimate of drug-likeness (QED) is 0.442. The zero-order chi connectivity index (χ0) is 7.11. The van der Waals surface area contributed by atoms with E-state index in [4.69, 9.17) is 6.42 Å². The second-order valence-electron chi connectivity index (χ2n) is 2.20. The molecule has 1 nitrogen and oxygen atoms in total. The summed E-state index contributed by atoms with van der Waals surface area (Å²) in [6, 6.07) is 0.233. The van der Waals surface area contributed by atoms with Crippen LogP contribution in [0.5, 0.6) is 0 Å². The average molecular weight is 125 g/mol. The molecular formula is C8H15N. The van der Waals surface area contributed by atoms with Gasteiger partial charge in [-0.2, -0.15) is 0 Å². The fraction of sp³-hybridized carbons (Fsp3) is 0.750. The Morgan fingerprint density at radius 3 is 2.78 bits per heavy atom. The molecule has 0 aromatic carbocycles. The fourth-order valence-corrected chi connectivity index (χ4v) is 0.554. The van der Waals surface area contributed by atoms with Crippen LogP contribution in [0.2, 0.25) is 0 Å². The van der Waals surface area contributed by atoms with Crippen molar-refractivity contribution in [2.75, 3.05) is 6.54 Å². The number of terminal acetylenes is 1. The molecule has 0 radical (unpaired) electrons. The topological polar surface area (TPSA) is 12.0 Å². The molecule has 0 amide bonds. The Labute approximate surface area is 57.8 Å². The molecule has 0 aromatic heterocycles. The summed E-state index contributed by atoms with van der Waals surface area (Å²) in [6.45, 7) is 5.21. The summed E-state index contributed by atoms with van der Waals surface area (Å²) in [6.07, 6.45) is 7.58. The smallest absolute Gasteiger partial charge is 0.0658 e. The Hall–Kier alpha value is -0.480.